The molecule has 2 atom stereocenters. The fourth-order valence-corrected chi connectivity index (χ4v) is 2.91. The Hall–Kier alpha value is -3.30. The van der Waals surface area contributed by atoms with E-state index in [0.29, 0.717) is 36.8 Å². The van der Waals surface area contributed by atoms with Crippen molar-refractivity contribution >= 4 is 29.5 Å². The highest BCUT2D eigenvalue weighted by molar-refractivity contribution is 6.08. The lowest BCUT2D eigenvalue weighted by atomic mass is 9.99. The van der Waals surface area contributed by atoms with E-state index >= 15 is 0 Å². The smallest absolute Gasteiger partial charge is 0.327 e. The number of imide groups is 1. The van der Waals surface area contributed by atoms with E-state index in [1.807, 2.05) is 0 Å². The molecule has 0 spiro atoms. The Labute approximate surface area is 167 Å². The fraction of sp³-hybridized carbons (Fsp3) is 0.474. The molecule has 0 aromatic heterocycles. The first-order valence-corrected chi connectivity index (χ1v) is 9.27. The summed E-state index contributed by atoms with van der Waals surface area (Å²) < 4.78 is 15.9. The number of nitrogens with zero attached hydrogens (tertiary/aromatic N) is 1. The van der Waals surface area contributed by atoms with E-state index in [1.165, 1.54) is 6.92 Å². The van der Waals surface area contributed by atoms with E-state index in [1.54, 1.807) is 32.0 Å². The second-order valence-corrected chi connectivity index (χ2v) is 6.99. The highest BCUT2D eigenvalue weighted by Crippen LogP contribution is 2.32. The van der Waals surface area contributed by atoms with Crippen molar-refractivity contribution in [3.05, 3.63) is 18.2 Å². The molecule has 0 aliphatic carbocycles. The SMILES string of the molecule is CCC1(C)NC(=O)N(CC(=O)OC(C)C(=O)Nc2ccc3c(c2)OCCO3)C1=O. The van der Waals surface area contributed by atoms with Gasteiger partial charge in [-0.25, -0.2) is 4.79 Å². The van der Waals surface area contributed by atoms with Crippen LogP contribution in [0.3, 0.4) is 0 Å². The fourth-order valence-electron chi connectivity index (χ4n) is 2.91. The van der Waals surface area contributed by atoms with Gasteiger partial charge in [0.2, 0.25) is 0 Å². The zero-order valence-corrected chi connectivity index (χ0v) is 16.4. The summed E-state index contributed by atoms with van der Waals surface area (Å²) in [7, 11) is 0. The van der Waals surface area contributed by atoms with E-state index in [-0.39, 0.29) is 0 Å². The first-order valence-electron chi connectivity index (χ1n) is 9.27. The molecule has 1 saturated heterocycles. The van der Waals surface area contributed by atoms with Gasteiger partial charge in [-0.2, -0.15) is 0 Å². The normalized spacial score (nSPS) is 21.4. The lowest BCUT2D eigenvalue weighted by molar-refractivity contribution is -0.155. The number of rotatable bonds is 6. The van der Waals surface area contributed by atoms with E-state index in [4.69, 9.17) is 14.2 Å². The van der Waals surface area contributed by atoms with Crippen molar-refractivity contribution in [1.82, 2.24) is 10.2 Å². The molecule has 29 heavy (non-hydrogen) atoms. The molecule has 0 bridgehead atoms. The zero-order valence-electron chi connectivity index (χ0n) is 16.4. The van der Waals surface area contributed by atoms with Crippen molar-refractivity contribution < 1.29 is 33.4 Å². The molecule has 10 nitrogen and oxygen atoms in total. The molecule has 4 amide bonds. The van der Waals surface area contributed by atoms with Crippen molar-refractivity contribution in [3.8, 4) is 11.5 Å². The van der Waals surface area contributed by atoms with Gasteiger partial charge in [0.25, 0.3) is 11.8 Å². The van der Waals surface area contributed by atoms with Gasteiger partial charge in [0, 0.05) is 11.8 Å². The number of hydrogen-bond donors (Lipinski definition) is 2. The molecule has 1 aromatic carbocycles. The Balaban J connectivity index is 1.55. The van der Waals surface area contributed by atoms with Crippen LogP contribution in [0.2, 0.25) is 0 Å². The van der Waals surface area contributed by atoms with Crippen LogP contribution in [0.5, 0.6) is 11.5 Å². The standard InChI is InChI=1S/C19H23N3O7/c1-4-19(3)17(25)22(18(26)21-19)10-15(23)29-11(2)16(24)20-12-5-6-13-14(9-12)28-8-7-27-13/h5-6,9,11H,4,7-8,10H2,1-3H3,(H,20,24)(H,21,26). The average Bonchev–Trinajstić information content (AvgIpc) is 2.91. The van der Waals surface area contributed by atoms with E-state index in [9.17, 15) is 19.2 Å². The highest BCUT2D eigenvalue weighted by Gasteiger charge is 2.47. The highest BCUT2D eigenvalue weighted by atomic mass is 16.6. The zero-order chi connectivity index (χ0) is 21.2. The maximum absolute atomic E-state index is 12.3. The maximum atomic E-state index is 12.3. The van der Waals surface area contributed by atoms with Crippen molar-refractivity contribution in [2.24, 2.45) is 0 Å². The third-order valence-electron chi connectivity index (χ3n) is 4.83. The molecule has 2 unspecified atom stereocenters. The summed E-state index contributed by atoms with van der Waals surface area (Å²) in [6.07, 6.45) is -0.744. The van der Waals surface area contributed by atoms with E-state index < -0.39 is 42.0 Å². The topological polar surface area (TPSA) is 123 Å². The van der Waals surface area contributed by atoms with Gasteiger partial charge < -0.3 is 24.8 Å². The number of carbonyl (C=O) groups excluding carboxylic acids is 4. The Morgan fingerprint density at radius 1 is 1.28 bits per heavy atom. The average molecular weight is 405 g/mol. The number of esters is 1. The molecule has 2 N–H and O–H groups in total. The molecule has 10 heteroatoms. The predicted molar refractivity (Wildman–Crippen MR) is 101 cm³/mol. The van der Waals surface area contributed by atoms with Gasteiger partial charge in [-0.05, 0) is 32.4 Å². The van der Waals surface area contributed by atoms with Gasteiger partial charge in [0.1, 0.15) is 25.3 Å². The third-order valence-corrected chi connectivity index (χ3v) is 4.83. The first-order chi connectivity index (χ1) is 13.7. The summed E-state index contributed by atoms with van der Waals surface area (Å²) in [6, 6.07) is 4.26. The van der Waals surface area contributed by atoms with Gasteiger partial charge in [-0.15, -0.1) is 0 Å². The molecule has 1 fully saturated rings. The van der Waals surface area contributed by atoms with E-state index in [2.05, 4.69) is 10.6 Å². The summed E-state index contributed by atoms with van der Waals surface area (Å²) in [4.78, 5) is 49.5. The van der Waals surface area contributed by atoms with Gasteiger partial charge in [-0.3, -0.25) is 19.3 Å². The van der Waals surface area contributed by atoms with Crippen LogP contribution in [0.4, 0.5) is 10.5 Å². The van der Waals surface area contributed by atoms with Crippen LogP contribution in [0.25, 0.3) is 0 Å². The Morgan fingerprint density at radius 2 is 1.97 bits per heavy atom. The van der Waals surface area contributed by atoms with Crippen LogP contribution in [-0.4, -0.2) is 60.1 Å². The summed E-state index contributed by atoms with van der Waals surface area (Å²) >= 11 is 0. The Bertz CT molecular complexity index is 856. The second-order valence-electron chi connectivity index (χ2n) is 6.99. The lowest BCUT2D eigenvalue weighted by Crippen LogP contribution is -2.44. The number of nitrogens with one attached hydrogen (secondary N) is 2. The molecular formula is C19H23N3O7. The predicted octanol–water partition coefficient (Wildman–Crippen LogP) is 1.05. The number of ether oxygens (including phenoxy) is 3. The molecule has 0 radical (unpaired) electrons. The van der Waals surface area contributed by atoms with E-state index in [0.717, 1.165) is 4.90 Å². The summed E-state index contributed by atoms with van der Waals surface area (Å²) in [6.45, 7) is 5.04. The number of urea groups is 1. The van der Waals surface area contributed by atoms with Crippen LogP contribution in [0, 0.1) is 0 Å². The molecular weight excluding hydrogens is 382 g/mol. The number of anilines is 1. The molecule has 1 aromatic rings. The number of carbonyl (C=O) groups is 4. The van der Waals surface area contributed by atoms with Crippen molar-refractivity contribution in [2.45, 2.75) is 38.8 Å². The summed E-state index contributed by atoms with van der Waals surface area (Å²) in [5.74, 6) is -0.836. The lowest BCUT2D eigenvalue weighted by Gasteiger charge is -2.20. The number of benzene rings is 1. The van der Waals surface area contributed by atoms with Gasteiger partial charge >= 0.3 is 12.0 Å². The maximum Gasteiger partial charge on any atom is 0.327 e. The van der Waals surface area contributed by atoms with Crippen LogP contribution in [0.15, 0.2) is 18.2 Å². The molecule has 2 aliphatic heterocycles. The van der Waals surface area contributed by atoms with Gasteiger partial charge in [0.15, 0.2) is 17.6 Å². The van der Waals surface area contributed by atoms with Crippen LogP contribution < -0.4 is 20.1 Å². The number of fused-ring (bicyclic) bond motifs is 1. The molecule has 3 rings (SSSR count). The van der Waals surface area contributed by atoms with Crippen LogP contribution in [-0.2, 0) is 19.1 Å². The minimum atomic E-state index is -1.13. The number of amides is 4. The molecule has 0 saturated carbocycles. The van der Waals surface area contributed by atoms with Gasteiger partial charge in [-0.1, -0.05) is 6.92 Å². The van der Waals surface area contributed by atoms with Gasteiger partial charge in [0.05, 0.1) is 0 Å². The first kappa shape index (κ1) is 20.4. The molecule has 2 heterocycles. The Morgan fingerprint density at radius 3 is 2.62 bits per heavy atom. The molecule has 2 aliphatic rings. The van der Waals surface area contributed by atoms with Crippen molar-refractivity contribution in [1.29, 1.82) is 0 Å². The quantitative estimate of drug-likeness (QED) is 0.536. The molecule has 156 valence electrons. The van der Waals surface area contributed by atoms with Crippen LogP contribution in [0.1, 0.15) is 27.2 Å². The van der Waals surface area contributed by atoms with Crippen molar-refractivity contribution in [3.63, 3.8) is 0 Å². The Kier molecular flexibility index (Phi) is 5.62. The third kappa shape index (κ3) is 4.25. The summed E-state index contributed by atoms with van der Waals surface area (Å²) in [5, 5.41) is 5.17. The summed E-state index contributed by atoms with van der Waals surface area (Å²) in [5.41, 5.74) is -0.589. The van der Waals surface area contributed by atoms with Crippen LogP contribution >= 0.6 is 0 Å². The minimum absolute atomic E-state index is 0.386. The monoisotopic (exact) mass is 405 g/mol. The largest absolute Gasteiger partial charge is 0.486 e. The second kappa shape index (κ2) is 7.98. The minimum Gasteiger partial charge on any atom is -0.486 e. The van der Waals surface area contributed by atoms with Crippen molar-refractivity contribution in [2.75, 3.05) is 25.1 Å². The number of hydrogen-bond acceptors (Lipinski definition) is 7.